The van der Waals surface area contributed by atoms with Crippen LogP contribution in [0.4, 0.5) is 39.5 Å². The molecule has 52 heavy (non-hydrogen) atoms. The number of halogens is 9. The zero-order chi connectivity index (χ0) is 39.0. The number of nitrogens with one attached hydrogen (secondary N) is 1. The van der Waals surface area contributed by atoms with Gasteiger partial charge in [-0.1, -0.05) is 38.1 Å². The highest BCUT2D eigenvalue weighted by molar-refractivity contribution is 5.77. The van der Waals surface area contributed by atoms with Crippen LogP contribution in [-0.2, 0) is 15.8 Å². The van der Waals surface area contributed by atoms with Gasteiger partial charge in [0.25, 0.3) is 0 Å². The number of ether oxygens (including phenoxy) is 1. The lowest BCUT2D eigenvalue weighted by Crippen LogP contribution is -2.29. The van der Waals surface area contributed by atoms with Gasteiger partial charge in [0.1, 0.15) is 5.75 Å². The number of carboxylic acids is 2. The number of piperidine rings is 1. The predicted octanol–water partition coefficient (Wildman–Crippen LogP) is 8.44. The molecule has 1 aliphatic rings. The van der Waals surface area contributed by atoms with Gasteiger partial charge < -0.3 is 24.8 Å². The van der Waals surface area contributed by atoms with E-state index in [4.69, 9.17) is 29.5 Å². The van der Waals surface area contributed by atoms with E-state index in [9.17, 15) is 39.5 Å². The van der Waals surface area contributed by atoms with E-state index in [1.165, 1.54) is 12.1 Å². The van der Waals surface area contributed by atoms with Crippen LogP contribution in [0.2, 0.25) is 0 Å². The third-order valence-corrected chi connectivity index (χ3v) is 7.42. The first-order valence-corrected chi connectivity index (χ1v) is 15.3. The Hall–Kier alpha value is -5.20. The van der Waals surface area contributed by atoms with Crippen molar-refractivity contribution in [1.29, 1.82) is 0 Å². The summed E-state index contributed by atoms with van der Waals surface area (Å²) >= 11 is 0. The summed E-state index contributed by atoms with van der Waals surface area (Å²) in [7, 11) is 0. The molecule has 1 fully saturated rings. The standard InChI is InChI=1S/C29H30F3N5O.2C2HF3O2/c1-18(2)21-5-4-19(3)25(16-21)38-28-34-15-12-24(36-28)27-26(20-6-8-22(9-7-20)29(30,31)32)35-17-37(27)23-10-13-33-14-11-23;2*3-2(4,5)1(6)7/h4-9,12,15-18,23,33H,10-11,13-14H2,1-3H3;2*(H,6,7). The van der Waals surface area contributed by atoms with Gasteiger partial charge in [-0.05, 0) is 74.2 Å². The fourth-order valence-corrected chi connectivity index (χ4v) is 4.71. The lowest BCUT2D eigenvalue weighted by Gasteiger charge is -2.25. The number of hydrogen-bond acceptors (Lipinski definition) is 7. The average molecular weight is 750 g/mol. The third kappa shape index (κ3) is 11.4. The van der Waals surface area contributed by atoms with Crippen LogP contribution < -0.4 is 10.1 Å². The molecule has 1 saturated heterocycles. The molecular formula is C33H32F9N5O5. The number of carboxylic acid groups (broad SMARTS) is 2. The molecule has 282 valence electrons. The summed E-state index contributed by atoms with van der Waals surface area (Å²) in [6, 6.07) is 13.4. The Morgan fingerprint density at radius 3 is 1.92 bits per heavy atom. The van der Waals surface area contributed by atoms with Gasteiger partial charge in [-0.3, -0.25) is 0 Å². The molecule has 2 aromatic heterocycles. The number of alkyl halides is 9. The van der Waals surface area contributed by atoms with E-state index in [0.717, 1.165) is 54.9 Å². The number of imidazole rings is 1. The Morgan fingerprint density at radius 2 is 1.42 bits per heavy atom. The number of benzene rings is 2. The first-order chi connectivity index (χ1) is 24.1. The highest BCUT2D eigenvalue weighted by Crippen LogP contribution is 2.37. The number of aromatic nitrogens is 4. The summed E-state index contributed by atoms with van der Waals surface area (Å²) in [4.78, 5) is 31.5. The van der Waals surface area contributed by atoms with Crippen molar-refractivity contribution in [1.82, 2.24) is 24.8 Å². The summed E-state index contributed by atoms with van der Waals surface area (Å²) in [6.45, 7) is 7.97. The van der Waals surface area contributed by atoms with Crippen LogP contribution in [0.25, 0.3) is 22.6 Å². The second-order valence-corrected chi connectivity index (χ2v) is 11.5. The predicted molar refractivity (Wildman–Crippen MR) is 168 cm³/mol. The van der Waals surface area contributed by atoms with Gasteiger partial charge in [0.15, 0.2) is 0 Å². The van der Waals surface area contributed by atoms with Gasteiger partial charge in [-0.15, -0.1) is 0 Å². The molecule has 0 saturated carbocycles. The first kappa shape index (κ1) is 41.2. The minimum absolute atomic E-state index is 0.186. The van der Waals surface area contributed by atoms with E-state index in [1.54, 1.807) is 18.6 Å². The first-order valence-electron chi connectivity index (χ1n) is 15.3. The second kappa shape index (κ2) is 16.9. The smallest absolute Gasteiger partial charge is 0.475 e. The molecule has 0 bridgehead atoms. The van der Waals surface area contributed by atoms with Crippen LogP contribution in [0.15, 0.2) is 61.1 Å². The summed E-state index contributed by atoms with van der Waals surface area (Å²) in [5.41, 5.74) is 3.90. The highest BCUT2D eigenvalue weighted by atomic mass is 19.4. The molecule has 0 unspecified atom stereocenters. The maximum atomic E-state index is 13.2. The van der Waals surface area contributed by atoms with Gasteiger partial charge in [0, 0.05) is 17.8 Å². The minimum Gasteiger partial charge on any atom is -0.475 e. The van der Waals surface area contributed by atoms with Crippen molar-refractivity contribution in [2.75, 3.05) is 13.1 Å². The van der Waals surface area contributed by atoms with Crippen molar-refractivity contribution >= 4 is 11.9 Å². The molecule has 0 radical (unpaired) electrons. The van der Waals surface area contributed by atoms with Crippen molar-refractivity contribution in [3.63, 3.8) is 0 Å². The quantitative estimate of drug-likeness (QED) is 0.166. The van der Waals surface area contributed by atoms with Crippen molar-refractivity contribution in [3.8, 4) is 34.4 Å². The van der Waals surface area contributed by atoms with Crippen molar-refractivity contribution in [2.45, 2.75) is 64.1 Å². The molecule has 3 N–H and O–H groups in total. The van der Waals surface area contributed by atoms with Crippen molar-refractivity contribution in [2.24, 2.45) is 0 Å². The molecule has 0 atom stereocenters. The zero-order valence-electron chi connectivity index (χ0n) is 27.6. The van der Waals surface area contributed by atoms with Crippen LogP contribution in [-0.4, -0.2) is 67.1 Å². The zero-order valence-corrected chi connectivity index (χ0v) is 27.6. The second-order valence-electron chi connectivity index (χ2n) is 11.5. The fourth-order valence-electron chi connectivity index (χ4n) is 4.71. The Bertz CT molecular complexity index is 1790. The maximum absolute atomic E-state index is 13.2. The van der Waals surface area contributed by atoms with E-state index in [0.29, 0.717) is 28.6 Å². The highest BCUT2D eigenvalue weighted by Gasteiger charge is 2.39. The van der Waals surface area contributed by atoms with E-state index in [2.05, 4.69) is 39.8 Å². The number of carbonyl (C=O) groups is 2. The third-order valence-electron chi connectivity index (χ3n) is 7.42. The van der Waals surface area contributed by atoms with E-state index in [-0.39, 0.29) is 12.1 Å². The summed E-state index contributed by atoms with van der Waals surface area (Å²) in [6.07, 6.45) is -9.36. The Labute approximate surface area is 290 Å². The van der Waals surface area contributed by atoms with Crippen molar-refractivity contribution in [3.05, 3.63) is 77.7 Å². The van der Waals surface area contributed by atoms with Crippen LogP contribution in [0.3, 0.4) is 0 Å². The molecule has 0 aliphatic carbocycles. The van der Waals surface area contributed by atoms with E-state index >= 15 is 0 Å². The molecule has 1 aliphatic heterocycles. The monoisotopic (exact) mass is 749 g/mol. The van der Waals surface area contributed by atoms with E-state index in [1.807, 2.05) is 19.1 Å². The number of rotatable bonds is 6. The van der Waals surface area contributed by atoms with Crippen LogP contribution in [0, 0.1) is 6.92 Å². The SMILES string of the molecule is Cc1ccc(C(C)C)cc1Oc1nccc(-c2c(-c3ccc(C(F)(F)F)cc3)ncn2C2CCNCC2)n1.O=C(O)C(F)(F)F.O=C(O)C(F)(F)F. The Balaban J connectivity index is 0.000000441. The summed E-state index contributed by atoms with van der Waals surface area (Å²) in [5, 5.41) is 17.6. The van der Waals surface area contributed by atoms with Crippen LogP contribution >= 0.6 is 0 Å². The molecule has 10 nitrogen and oxygen atoms in total. The summed E-state index contributed by atoms with van der Waals surface area (Å²) in [5.74, 6) is -4.49. The number of hydrogen-bond donors (Lipinski definition) is 3. The molecule has 19 heteroatoms. The van der Waals surface area contributed by atoms with E-state index < -0.39 is 36.0 Å². The Morgan fingerprint density at radius 1 is 0.865 bits per heavy atom. The van der Waals surface area contributed by atoms with Crippen LogP contribution in [0.1, 0.15) is 55.3 Å². The largest absolute Gasteiger partial charge is 0.490 e. The fraction of sp³-hybridized carbons (Fsp3) is 0.364. The minimum atomic E-state index is -5.08. The van der Waals surface area contributed by atoms with Gasteiger partial charge in [-0.2, -0.15) is 44.5 Å². The summed E-state index contributed by atoms with van der Waals surface area (Å²) < 4.78 is 111. The average Bonchev–Trinajstić information content (AvgIpc) is 3.51. The lowest BCUT2D eigenvalue weighted by molar-refractivity contribution is -0.193. The van der Waals surface area contributed by atoms with Gasteiger partial charge >= 0.3 is 36.5 Å². The van der Waals surface area contributed by atoms with Gasteiger partial charge in [-0.25, -0.2) is 19.6 Å². The van der Waals surface area contributed by atoms with Crippen LogP contribution in [0.5, 0.6) is 11.8 Å². The normalized spacial score (nSPS) is 13.8. The molecule has 5 rings (SSSR count). The molecule has 2 aromatic carbocycles. The number of aryl methyl sites for hydroxylation is 1. The molecule has 0 spiro atoms. The van der Waals surface area contributed by atoms with Crippen molar-refractivity contribution < 1.29 is 64.1 Å². The maximum Gasteiger partial charge on any atom is 0.490 e. The van der Waals surface area contributed by atoms with Gasteiger partial charge in [0.2, 0.25) is 0 Å². The molecular weight excluding hydrogens is 717 g/mol. The topological polar surface area (TPSA) is 139 Å². The number of nitrogens with zero attached hydrogens (tertiary/aromatic N) is 4. The molecule has 0 amide bonds. The Kier molecular flexibility index (Phi) is 13.4. The lowest BCUT2D eigenvalue weighted by atomic mass is 10.0. The number of aliphatic carboxylic acids is 2. The molecule has 4 aromatic rings. The molecule has 3 heterocycles. The van der Waals surface area contributed by atoms with Gasteiger partial charge in [0.05, 0.1) is 29.0 Å².